The molecule has 1 N–H and O–H groups in total. The van der Waals surface area contributed by atoms with E-state index in [4.69, 9.17) is 9.15 Å². The summed E-state index contributed by atoms with van der Waals surface area (Å²) < 4.78 is 49.8. The van der Waals surface area contributed by atoms with Gasteiger partial charge >= 0.3 is 6.18 Å². The molecule has 1 aromatic heterocycles. The molecule has 10 heteroatoms. The number of carbonyl (C=O) groups excluding carboxylic acids is 1. The molecule has 0 radical (unpaired) electrons. The molecule has 3 rings (SSSR count). The number of thioether (sulfide) groups is 1. The van der Waals surface area contributed by atoms with Crippen LogP contribution >= 0.6 is 11.8 Å². The van der Waals surface area contributed by atoms with Crippen LogP contribution in [0.5, 0.6) is 5.75 Å². The van der Waals surface area contributed by atoms with Crippen molar-refractivity contribution in [1.82, 2.24) is 15.5 Å². The van der Waals surface area contributed by atoms with E-state index in [0.29, 0.717) is 22.8 Å². The number of hydrogen-bond acceptors (Lipinski definition) is 6. The fourth-order valence-electron chi connectivity index (χ4n) is 3.00. The van der Waals surface area contributed by atoms with Gasteiger partial charge in [0.05, 0.1) is 24.5 Å². The summed E-state index contributed by atoms with van der Waals surface area (Å²) in [4.78, 5) is 12.5. The maximum atomic E-state index is 13.0. The van der Waals surface area contributed by atoms with Gasteiger partial charge in [-0.1, -0.05) is 37.7 Å². The van der Waals surface area contributed by atoms with Crippen molar-refractivity contribution in [1.29, 1.82) is 0 Å². The van der Waals surface area contributed by atoms with Crippen molar-refractivity contribution in [2.75, 3.05) is 12.9 Å². The highest BCUT2D eigenvalue weighted by atomic mass is 32.2. The number of amides is 1. The summed E-state index contributed by atoms with van der Waals surface area (Å²) in [6.07, 6.45) is -4.45. The predicted octanol–water partition coefficient (Wildman–Crippen LogP) is 5.37. The molecule has 0 bridgehead atoms. The highest BCUT2D eigenvalue weighted by Crippen LogP contribution is 2.32. The van der Waals surface area contributed by atoms with Gasteiger partial charge in [-0.15, -0.1) is 10.2 Å². The van der Waals surface area contributed by atoms with Crippen LogP contribution in [0.3, 0.4) is 0 Å². The van der Waals surface area contributed by atoms with Crippen LogP contribution in [-0.4, -0.2) is 29.0 Å². The summed E-state index contributed by atoms with van der Waals surface area (Å²) in [6, 6.07) is 11.5. The SMILES string of the molecule is COc1ccc(-c2nnc(SCC(=O)NC(c3cccc(C(F)(F)F)c3)C(C)C)o2)cc1. The number of nitrogens with zero attached hydrogens (tertiary/aromatic N) is 2. The number of aromatic nitrogens is 2. The van der Waals surface area contributed by atoms with E-state index in [9.17, 15) is 18.0 Å². The van der Waals surface area contributed by atoms with Gasteiger partial charge in [-0.25, -0.2) is 0 Å². The van der Waals surface area contributed by atoms with Gasteiger partial charge in [0.25, 0.3) is 5.22 Å². The van der Waals surface area contributed by atoms with Crippen LogP contribution in [0.4, 0.5) is 13.2 Å². The van der Waals surface area contributed by atoms with Crippen molar-refractivity contribution in [2.24, 2.45) is 5.92 Å². The third kappa shape index (κ3) is 6.03. The fraction of sp³-hybridized carbons (Fsp3) is 0.318. The Hall–Kier alpha value is -3.01. The molecule has 170 valence electrons. The second kappa shape index (κ2) is 10.1. The Morgan fingerprint density at radius 3 is 2.50 bits per heavy atom. The lowest BCUT2D eigenvalue weighted by molar-refractivity contribution is -0.137. The quantitative estimate of drug-likeness (QED) is 0.451. The minimum absolute atomic E-state index is 0.0214. The summed E-state index contributed by atoms with van der Waals surface area (Å²) in [5, 5.41) is 10.9. The van der Waals surface area contributed by atoms with Gasteiger partial charge in [-0.05, 0) is 47.9 Å². The molecule has 0 spiro atoms. The molecule has 0 aliphatic rings. The van der Waals surface area contributed by atoms with Crippen molar-refractivity contribution < 1.29 is 27.1 Å². The van der Waals surface area contributed by atoms with E-state index in [1.807, 2.05) is 13.8 Å². The number of carbonyl (C=O) groups is 1. The van der Waals surface area contributed by atoms with Gasteiger partial charge in [0.2, 0.25) is 11.8 Å². The number of nitrogens with one attached hydrogen (secondary N) is 1. The summed E-state index contributed by atoms with van der Waals surface area (Å²) in [7, 11) is 1.57. The second-order valence-electron chi connectivity index (χ2n) is 7.30. The molecule has 0 aliphatic carbocycles. The first-order valence-corrected chi connectivity index (χ1v) is 10.7. The Morgan fingerprint density at radius 1 is 1.16 bits per heavy atom. The van der Waals surface area contributed by atoms with Crippen molar-refractivity contribution >= 4 is 17.7 Å². The third-order valence-electron chi connectivity index (χ3n) is 4.63. The molecular formula is C22H22F3N3O3S. The van der Waals surface area contributed by atoms with E-state index in [1.165, 1.54) is 6.07 Å². The third-order valence-corrected chi connectivity index (χ3v) is 5.44. The van der Waals surface area contributed by atoms with Crippen molar-refractivity contribution in [3.8, 4) is 17.2 Å². The Bertz CT molecular complexity index is 1050. The second-order valence-corrected chi connectivity index (χ2v) is 8.23. The molecule has 1 amide bonds. The lowest BCUT2D eigenvalue weighted by atomic mass is 9.94. The van der Waals surface area contributed by atoms with Gasteiger partial charge in [-0.3, -0.25) is 4.79 Å². The van der Waals surface area contributed by atoms with Crippen LogP contribution in [0, 0.1) is 5.92 Å². The van der Waals surface area contributed by atoms with E-state index < -0.39 is 17.8 Å². The first kappa shape index (κ1) is 23.6. The standard InChI is InChI=1S/C22H22F3N3O3S/c1-13(2)19(15-5-4-6-16(11-15)22(23,24)25)26-18(29)12-32-21-28-27-20(31-21)14-7-9-17(30-3)10-8-14/h4-11,13,19H,12H2,1-3H3,(H,26,29). The van der Waals surface area contributed by atoms with Crippen LogP contribution in [-0.2, 0) is 11.0 Å². The Labute approximate surface area is 187 Å². The first-order valence-electron chi connectivity index (χ1n) is 9.74. The first-order chi connectivity index (χ1) is 15.2. The summed E-state index contributed by atoms with van der Waals surface area (Å²) in [5.41, 5.74) is 0.355. The van der Waals surface area contributed by atoms with E-state index >= 15 is 0 Å². The average molecular weight is 465 g/mol. The number of ether oxygens (including phenoxy) is 1. The normalized spacial score (nSPS) is 12.6. The van der Waals surface area contributed by atoms with Gasteiger partial charge in [0.1, 0.15) is 5.75 Å². The highest BCUT2D eigenvalue weighted by Gasteiger charge is 2.31. The zero-order chi connectivity index (χ0) is 23.3. The molecular weight excluding hydrogens is 443 g/mol. The molecule has 0 aliphatic heterocycles. The zero-order valence-electron chi connectivity index (χ0n) is 17.6. The number of benzene rings is 2. The molecule has 2 aromatic carbocycles. The van der Waals surface area contributed by atoms with E-state index in [0.717, 1.165) is 23.9 Å². The van der Waals surface area contributed by atoms with Crippen molar-refractivity contribution in [3.05, 3.63) is 59.7 Å². The molecule has 0 fully saturated rings. The summed E-state index contributed by atoms with van der Waals surface area (Å²) in [6.45, 7) is 3.66. The van der Waals surface area contributed by atoms with Crippen LogP contribution in [0.2, 0.25) is 0 Å². The summed E-state index contributed by atoms with van der Waals surface area (Å²) in [5.74, 6) is 0.513. The number of halogens is 3. The number of methoxy groups -OCH3 is 1. The highest BCUT2D eigenvalue weighted by molar-refractivity contribution is 7.99. The lowest BCUT2D eigenvalue weighted by Gasteiger charge is -2.23. The van der Waals surface area contributed by atoms with Gasteiger partial charge < -0.3 is 14.5 Å². The number of hydrogen-bond donors (Lipinski definition) is 1. The Kier molecular flexibility index (Phi) is 7.44. The molecule has 1 heterocycles. The van der Waals surface area contributed by atoms with E-state index in [-0.39, 0.29) is 22.8 Å². The van der Waals surface area contributed by atoms with Gasteiger partial charge in [0, 0.05) is 5.56 Å². The Balaban J connectivity index is 1.62. The van der Waals surface area contributed by atoms with Crippen molar-refractivity contribution in [2.45, 2.75) is 31.3 Å². The monoisotopic (exact) mass is 465 g/mol. The molecule has 1 atom stereocenters. The summed E-state index contributed by atoms with van der Waals surface area (Å²) >= 11 is 1.05. The van der Waals surface area contributed by atoms with Gasteiger partial charge in [0.15, 0.2) is 0 Å². The van der Waals surface area contributed by atoms with E-state index in [2.05, 4.69) is 15.5 Å². The molecule has 32 heavy (non-hydrogen) atoms. The maximum absolute atomic E-state index is 13.0. The lowest BCUT2D eigenvalue weighted by Crippen LogP contribution is -2.33. The van der Waals surface area contributed by atoms with Crippen LogP contribution in [0.15, 0.2) is 58.2 Å². The smallest absolute Gasteiger partial charge is 0.416 e. The average Bonchev–Trinajstić information content (AvgIpc) is 3.24. The number of rotatable bonds is 8. The van der Waals surface area contributed by atoms with Crippen LogP contribution in [0.1, 0.15) is 31.0 Å². The zero-order valence-corrected chi connectivity index (χ0v) is 18.5. The molecule has 1 unspecified atom stereocenters. The van der Waals surface area contributed by atoms with Crippen molar-refractivity contribution in [3.63, 3.8) is 0 Å². The van der Waals surface area contributed by atoms with Crippen LogP contribution in [0.25, 0.3) is 11.5 Å². The fourth-order valence-corrected chi connectivity index (χ4v) is 3.58. The largest absolute Gasteiger partial charge is 0.497 e. The topological polar surface area (TPSA) is 77.2 Å². The molecule has 6 nitrogen and oxygen atoms in total. The minimum Gasteiger partial charge on any atom is -0.497 e. The molecule has 0 saturated carbocycles. The van der Waals surface area contributed by atoms with E-state index in [1.54, 1.807) is 37.4 Å². The molecule has 3 aromatic rings. The van der Waals surface area contributed by atoms with Crippen LogP contribution < -0.4 is 10.1 Å². The number of alkyl halides is 3. The minimum atomic E-state index is -4.45. The Morgan fingerprint density at radius 2 is 1.88 bits per heavy atom. The van der Waals surface area contributed by atoms with Gasteiger partial charge in [-0.2, -0.15) is 13.2 Å². The maximum Gasteiger partial charge on any atom is 0.416 e. The molecule has 0 saturated heterocycles. The predicted molar refractivity (Wildman–Crippen MR) is 114 cm³/mol.